The zero-order valence-electron chi connectivity index (χ0n) is 17.8. The molecule has 0 aliphatic rings. The lowest BCUT2D eigenvalue weighted by Gasteiger charge is -2.07. The van der Waals surface area contributed by atoms with Crippen LogP contribution >= 0.6 is 23.4 Å². The standard InChI is InChI=1S/C24H18ClN3O5S/c1-2-28-21(14-6-8-17(25)9-7-14)26-27-24(28)34-20(23(31)32)13-18-10-11-19(33-18)15-4-3-5-16(12-15)22(29)30/h3-13H,2H2,1H3,(H,29,30)(H,31,32)/b20-13-. The fourth-order valence-corrected chi connectivity index (χ4v) is 4.21. The second kappa shape index (κ2) is 9.98. The predicted molar refractivity (Wildman–Crippen MR) is 129 cm³/mol. The van der Waals surface area contributed by atoms with Crippen molar-refractivity contribution in [2.75, 3.05) is 0 Å². The zero-order chi connectivity index (χ0) is 24.2. The van der Waals surface area contributed by atoms with Gasteiger partial charge in [-0.05, 0) is 67.2 Å². The minimum absolute atomic E-state index is 0.00931. The van der Waals surface area contributed by atoms with Gasteiger partial charge in [-0.2, -0.15) is 0 Å². The number of thioether (sulfide) groups is 1. The molecule has 0 amide bonds. The topological polar surface area (TPSA) is 118 Å². The third-order valence-electron chi connectivity index (χ3n) is 4.84. The summed E-state index contributed by atoms with van der Waals surface area (Å²) >= 11 is 6.93. The number of hydrogen-bond acceptors (Lipinski definition) is 6. The van der Waals surface area contributed by atoms with E-state index in [2.05, 4.69) is 10.2 Å². The first-order valence-electron chi connectivity index (χ1n) is 10.1. The van der Waals surface area contributed by atoms with Crippen molar-refractivity contribution in [3.63, 3.8) is 0 Å². The number of aromatic carboxylic acids is 1. The average molecular weight is 496 g/mol. The SMILES string of the molecule is CCn1c(S/C(=C\c2ccc(-c3cccc(C(=O)O)c3)o2)C(=O)O)nnc1-c1ccc(Cl)cc1. The van der Waals surface area contributed by atoms with E-state index in [1.54, 1.807) is 36.4 Å². The van der Waals surface area contributed by atoms with Crippen LogP contribution in [0.25, 0.3) is 28.8 Å². The molecule has 10 heteroatoms. The Morgan fingerprint density at radius 3 is 2.50 bits per heavy atom. The summed E-state index contributed by atoms with van der Waals surface area (Å²) in [5.74, 6) is -0.859. The molecule has 0 aliphatic heterocycles. The van der Waals surface area contributed by atoms with Gasteiger partial charge in [0, 0.05) is 28.8 Å². The Morgan fingerprint density at radius 1 is 1.06 bits per heavy atom. The number of halogens is 1. The number of aliphatic carboxylic acids is 1. The Labute approximate surface area is 203 Å². The number of hydrogen-bond donors (Lipinski definition) is 2. The first-order valence-corrected chi connectivity index (χ1v) is 11.3. The molecular weight excluding hydrogens is 478 g/mol. The van der Waals surface area contributed by atoms with Crippen molar-refractivity contribution in [3.05, 3.63) is 81.9 Å². The average Bonchev–Trinajstić information content (AvgIpc) is 3.46. The molecule has 2 aromatic carbocycles. The van der Waals surface area contributed by atoms with Gasteiger partial charge in [0.05, 0.1) is 5.56 Å². The van der Waals surface area contributed by atoms with Gasteiger partial charge in [-0.15, -0.1) is 10.2 Å². The van der Waals surface area contributed by atoms with Gasteiger partial charge in [-0.1, -0.05) is 23.7 Å². The fraction of sp³-hybridized carbons (Fsp3) is 0.0833. The van der Waals surface area contributed by atoms with Gasteiger partial charge in [0.1, 0.15) is 16.4 Å². The molecule has 4 aromatic rings. The first kappa shape index (κ1) is 23.3. The van der Waals surface area contributed by atoms with Crippen LogP contribution in [0.4, 0.5) is 0 Å². The summed E-state index contributed by atoms with van der Waals surface area (Å²) in [7, 11) is 0. The van der Waals surface area contributed by atoms with Crippen molar-refractivity contribution in [1.82, 2.24) is 14.8 Å². The molecule has 4 rings (SSSR count). The summed E-state index contributed by atoms with van der Waals surface area (Å²) < 4.78 is 7.58. The van der Waals surface area contributed by atoms with E-state index in [1.165, 1.54) is 18.2 Å². The molecule has 8 nitrogen and oxygen atoms in total. The molecule has 0 spiro atoms. The number of carboxylic acid groups (broad SMARTS) is 2. The Balaban J connectivity index is 1.62. The van der Waals surface area contributed by atoms with E-state index in [9.17, 15) is 19.8 Å². The van der Waals surface area contributed by atoms with E-state index in [-0.39, 0.29) is 10.5 Å². The molecule has 0 unspecified atom stereocenters. The van der Waals surface area contributed by atoms with E-state index in [4.69, 9.17) is 16.0 Å². The van der Waals surface area contributed by atoms with Crippen LogP contribution in [-0.4, -0.2) is 36.9 Å². The third-order valence-corrected chi connectivity index (χ3v) is 6.09. The maximum atomic E-state index is 12.0. The molecule has 0 saturated carbocycles. The van der Waals surface area contributed by atoms with Gasteiger partial charge in [0.2, 0.25) is 0 Å². The quantitative estimate of drug-likeness (QED) is 0.233. The zero-order valence-corrected chi connectivity index (χ0v) is 19.4. The maximum absolute atomic E-state index is 12.0. The Hall–Kier alpha value is -3.82. The van der Waals surface area contributed by atoms with Gasteiger partial charge in [-0.25, -0.2) is 9.59 Å². The monoisotopic (exact) mass is 495 g/mol. The first-order chi connectivity index (χ1) is 16.4. The van der Waals surface area contributed by atoms with Crippen LogP contribution in [0.15, 0.2) is 75.1 Å². The normalized spacial score (nSPS) is 11.5. The summed E-state index contributed by atoms with van der Waals surface area (Å²) in [5.41, 5.74) is 1.51. The molecule has 2 N–H and O–H groups in total. The summed E-state index contributed by atoms with van der Waals surface area (Å²) in [6, 6.07) is 16.7. The van der Waals surface area contributed by atoms with Gasteiger partial charge in [0.25, 0.3) is 0 Å². The third kappa shape index (κ3) is 5.05. The fourth-order valence-electron chi connectivity index (χ4n) is 3.22. The maximum Gasteiger partial charge on any atom is 0.342 e. The molecule has 34 heavy (non-hydrogen) atoms. The van der Waals surface area contributed by atoms with Gasteiger partial charge in [0.15, 0.2) is 11.0 Å². The lowest BCUT2D eigenvalue weighted by Crippen LogP contribution is -2.02. The Morgan fingerprint density at radius 2 is 1.82 bits per heavy atom. The molecule has 172 valence electrons. The van der Waals surface area contributed by atoms with E-state index in [0.717, 1.165) is 17.3 Å². The number of carboxylic acids is 2. The molecule has 0 fully saturated rings. The molecule has 0 radical (unpaired) electrons. The summed E-state index contributed by atoms with van der Waals surface area (Å²) in [6.07, 6.45) is 1.40. The number of carbonyl (C=O) groups is 2. The van der Waals surface area contributed by atoms with Gasteiger partial charge >= 0.3 is 11.9 Å². The number of aromatic nitrogens is 3. The van der Waals surface area contributed by atoms with Crippen LogP contribution in [0.5, 0.6) is 0 Å². The van der Waals surface area contributed by atoms with Crippen molar-refractivity contribution in [2.45, 2.75) is 18.6 Å². The van der Waals surface area contributed by atoms with E-state index >= 15 is 0 Å². The van der Waals surface area contributed by atoms with Crippen LogP contribution in [0, 0.1) is 0 Å². The molecule has 0 aliphatic carbocycles. The number of rotatable bonds is 8. The minimum Gasteiger partial charge on any atom is -0.478 e. The lowest BCUT2D eigenvalue weighted by atomic mass is 10.1. The van der Waals surface area contributed by atoms with Crippen molar-refractivity contribution < 1.29 is 24.2 Å². The van der Waals surface area contributed by atoms with E-state index in [1.807, 2.05) is 23.6 Å². The Bertz CT molecular complexity index is 1390. The van der Waals surface area contributed by atoms with E-state index < -0.39 is 11.9 Å². The van der Waals surface area contributed by atoms with E-state index in [0.29, 0.717) is 39.6 Å². The molecule has 0 bridgehead atoms. The van der Waals surface area contributed by atoms with Crippen LogP contribution in [0.3, 0.4) is 0 Å². The van der Waals surface area contributed by atoms with Crippen LogP contribution in [0.2, 0.25) is 5.02 Å². The number of furan rings is 1. The van der Waals surface area contributed by atoms with Crippen molar-refractivity contribution >= 4 is 41.4 Å². The lowest BCUT2D eigenvalue weighted by molar-refractivity contribution is -0.131. The van der Waals surface area contributed by atoms with Crippen molar-refractivity contribution in [2.24, 2.45) is 0 Å². The molecule has 0 saturated heterocycles. The predicted octanol–water partition coefficient (Wildman–Crippen LogP) is 5.79. The van der Waals surface area contributed by atoms with Crippen LogP contribution in [-0.2, 0) is 11.3 Å². The highest BCUT2D eigenvalue weighted by molar-refractivity contribution is 8.04. The van der Waals surface area contributed by atoms with Crippen molar-refractivity contribution in [1.29, 1.82) is 0 Å². The Kier molecular flexibility index (Phi) is 6.85. The van der Waals surface area contributed by atoms with Crippen molar-refractivity contribution in [3.8, 4) is 22.7 Å². The second-order valence-corrected chi connectivity index (χ2v) is 8.51. The number of nitrogens with zero attached hydrogens (tertiary/aromatic N) is 3. The molecule has 2 aromatic heterocycles. The highest BCUT2D eigenvalue weighted by Gasteiger charge is 2.19. The summed E-state index contributed by atoms with van der Waals surface area (Å²) in [6.45, 7) is 2.45. The van der Waals surface area contributed by atoms with Crippen LogP contribution in [0.1, 0.15) is 23.0 Å². The van der Waals surface area contributed by atoms with Gasteiger partial charge < -0.3 is 19.2 Å². The highest BCUT2D eigenvalue weighted by Crippen LogP contribution is 2.32. The molecule has 2 heterocycles. The van der Waals surface area contributed by atoms with Gasteiger partial charge in [-0.3, -0.25) is 0 Å². The molecular formula is C24H18ClN3O5S. The smallest absolute Gasteiger partial charge is 0.342 e. The largest absolute Gasteiger partial charge is 0.478 e. The minimum atomic E-state index is -1.14. The second-order valence-electron chi connectivity index (χ2n) is 7.06. The highest BCUT2D eigenvalue weighted by atomic mass is 35.5. The molecule has 0 atom stereocenters. The summed E-state index contributed by atoms with van der Waals surface area (Å²) in [5, 5.41) is 28.4. The van der Waals surface area contributed by atoms with Crippen LogP contribution < -0.4 is 0 Å². The summed E-state index contributed by atoms with van der Waals surface area (Å²) in [4.78, 5) is 23.2. The number of benzene rings is 2.